The normalized spacial score (nSPS) is 10.9. The Hall–Kier alpha value is -2.85. The number of hydrogen-bond acceptors (Lipinski definition) is 2. The molecule has 0 aliphatic carbocycles. The second-order valence-corrected chi connectivity index (χ2v) is 5.70. The van der Waals surface area contributed by atoms with Crippen molar-refractivity contribution >= 4 is 29.3 Å². The summed E-state index contributed by atoms with van der Waals surface area (Å²) in [5.74, 6) is -0.215. The highest BCUT2D eigenvalue weighted by atomic mass is 35.5. The number of rotatable bonds is 4. The van der Waals surface area contributed by atoms with Crippen molar-refractivity contribution < 1.29 is 4.79 Å². The minimum Gasteiger partial charge on any atom is -0.322 e. The predicted octanol–water partition coefficient (Wildman–Crippen LogP) is 4.49. The zero-order chi connectivity index (χ0) is 16.9. The topological polar surface area (TPSA) is 46.9 Å². The Balaban J connectivity index is 1.69. The van der Waals surface area contributed by atoms with E-state index in [1.807, 2.05) is 49.5 Å². The maximum atomic E-state index is 12.1. The van der Waals surface area contributed by atoms with Crippen LogP contribution >= 0.6 is 11.6 Å². The molecule has 1 aromatic heterocycles. The Morgan fingerprint density at radius 1 is 1.17 bits per heavy atom. The number of benzene rings is 2. The van der Waals surface area contributed by atoms with Crippen molar-refractivity contribution in [2.75, 3.05) is 5.32 Å². The number of para-hydroxylation sites is 1. The van der Waals surface area contributed by atoms with Gasteiger partial charge < -0.3 is 5.32 Å². The first-order valence-electron chi connectivity index (χ1n) is 7.48. The highest BCUT2D eigenvalue weighted by Crippen LogP contribution is 2.22. The lowest BCUT2D eigenvalue weighted by Crippen LogP contribution is -2.08. The van der Waals surface area contributed by atoms with Gasteiger partial charge in [0.25, 0.3) is 0 Å². The highest BCUT2D eigenvalue weighted by Gasteiger charge is 2.04. The van der Waals surface area contributed by atoms with E-state index in [2.05, 4.69) is 10.4 Å². The van der Waals surface area contributed by atoms with Crippen LogP contribution in [-0.4, -0.2) is 15.7 Å². The first kappa shape index (κ1) is 16.0. The number of carbonyl (C=O) groups is 1. The number of halogens is 1. The van der Waals surface area contributed by atoms with Gasteiger partial charge >= 0.3 is 0 Å². The Kier molecular flexibility index (Phi) is 4.77. The van der Waals surface area contributed by atoms with Crippen molar-refractivity contribution in [1.29, 1.82) is 0 Å². The smallest absolute Gasteiger partial charge is 0.248 e. The number of anilines is 1. The van der Waals surface area contributed by atoms with Crippen molar-refractivity contribution in [2.45, 2.75) is 6.92 Å². The standard InChI is InChI=1S/C19H16ClN3O/c1-14-17(20)8-5-9-18(14)22-19(24)11-10-15-12-21-23(13-15)16-6-3-2-4-7-16/h2-13H,1H3,(H,22,24)/b11-10+. The molecule has 0 aliphatic rings. The van der Waals surface area contributed by atoms with E-state index in [1.165, 1.54) is 6.08 Å². The van der Waals surface area contributed by atoms with Crippen LogP contribution in [0.25, 0.3) is 11.8 Å². The molecule has 2 aromatic carbocycles. The van der Waals surface area contributed by atoms with E-state index in [-0.39, 0.29) is 5.91 Å². The minimum atomic E-state index is -0.215. The third-order valence-corrected chi connectivity index (χ3v) is 3.99. The molecule has 1 amide bonds. The SMILES string of the molecule is Cc1c(Cl)cccc1NC(=O)/C=C/c1cnn(-c2ccccc2)c1. The Bertz CT molecular complexity index is 885. The number of amides is 1. The lowest BCUT2D eigenvalue weighted by Gasteiger charge is -2.07. The Labute approximate surface area is 145 Å². The van der Waals surface area contributed by atoms with E-state index >= 15 is 0 Å². The van der Waals surface area contributed by atoms with Gasteiger partial charge in [-0.15, -0.1) is 0 Å². The van der Waals surface area contributed by atoms with Gasteiger partial charge in [0.15, 0.2) is 0 Å². The van der Waals surface area contributed by atoms with E-state index in [0.29, 0.717) is 10.7 Å². The van der Waals surface area contributed by atoms with Gasteiger partial charge in [0, 0.05) is 28.5 Å². The number of aromatic nitrogens is 2. The highest BCUT2D eigenvalue weighted by molar-refractivity contribution is 6.31. The fraction of sp³-hybridized carbons (Fsp3) is 0.0526. The molecule has 0 bridgehead atoms. The van der Waals surface area contributed by atoms with Gasteiger partial charge in [-0.05, 0) is 42.8 Å². The summed E-state index contributed by atoms with van der Waals surface area (Å²) in [6, 6.07) is 15.2. The molecule has 0 unspecified atom stereocenters. The monoisotopic (exact) mass is 337 g/mol. The summed E-state index contributed by atoms with van der Waals surface area (Å²) in [6.07, 6.45) is 6.78. The van der Waals surface area contributed by atoms with Gasteiger partial charge in [0.05, 0.1) is 11.9 Å². The molecular formula is C19H16ClN3O. The molecule has 0 radical (unpaired) electrons. The molecule has 5 heteroatoms. The molecule has 3 aromatic rings. The molecule has 0 saturated heterocycles. The first-order chi connectivity index (χ1) is 11.6. The number of hydrogen-bond donors (Lipinski definition) is 1. The first-order valence-corrected chi connectivity index (χ1v) is 7.85. The fourth-order valence-electron chi connectivity index (χ4n) is 2.23. The Morgan fingerprint density at radius 3 is 2.75 bits per heavy atom. The van der Waals surface area contributed by atoms with Crippen LogP contribution in [0.15, 0.2) is 67.0 Å². The second kappa shape index (κ2) is 7.15. The lowest BCUT2D eigenvalue weighted by atomic mass is 10.2. The lowest BCUT2D eigenvalue weighted by molar-refractivity contribution is -0.111. The van der Waals surface area contributed by atoms with Gasteiger partial charge in [-0.1, -0.05) is 35.9 Å². The molecule has 0 atom stereocenters. The van der Waals surface area contributed by atoms with Crippen LogP contribution in [0, 0.1) is 6.92 Å². The van der Waals surface area contributed by atoms with Crippen LogP contribution in [0.1, 0.15) is 11.1 Å². The van der Waals surface area contributed by atoms with Crippen molar-refractivity contribution in [3.05, 3.63) is 83.2 Å². The van der Waals surface area contributed by atoms with Crippen LogP contribution in [0.5, 0.6) is 0 Å². The largest absolute Gasteiger partial charge is 0.322 e. The van der Waals surface area contributed by atoms with E-state index in [1.54, 1.807) is 29.1 Å². The second-order valence-electron chi connectivity index (χ2n) is 5.29. The number of nitrogens with one attached hydrogen (secondary N) is 1. The van der Waals surface area contributed by atoms with E-state index < -0.39 is 0 Å². The minimum absolute atomic E-state index is 0.215. The van der Waals surface area contributed by atoms with E-state index in [0.717, 1.165) is 16.8 Å². The van der Waals surface area contributed by atoms with Gasteiger partial charge in [-0.2, -0.15) is 5.10 Å². The fourth-order valence-corrected chi connectivity index (χ4v) is 2.41. The molecule has 0 saturated carbocycles. The molecule has 0 fully saturated rings. The van der Waals surface area contributed by atoms with Crippen LogP contribution in [-0.2, 0) is 4.79 Å². The Morgan fingerprint density at radius 2 is 1.96 bits per heavy atom. The van der Waals surface area contributed by atoms with Crippen LogP contribution in [0.4, 0.5) is 5.69 Å². The quantitative estimate of drug-likeness (QED) is 0.713. The van der Waals surface area contributed by atoms with Crippen LogP contribution in [0.3, 0.4) is 0 Å². The van der Waals surface area contributed by atoms with Gasteiger partial charge in [0.2, 0.25) is 5.91 Å². The molecule has 1 heterocycles. The number of carbonyl (C=O) groups excluding carboxylic acids is 1. The molecule has 3 rings (SSSR count). The number of nitrogens with zero attached hydrogens (tertiary/aromatic N) is 2. The summed E-state index contributed by atoms with van der Waals surface area (Å²) in [7, 11) is 0. The van der Waals surface area contributed by atoms with Gasteiger partial charge in [-0.25, -0.2) is 4.68 Å². The maximum Gasteiger partial charge on any atom is 0.248 e. The van der Waals surface area contributed by atoms with Gasteiger partial charge in [-0.3, -0.25) is 4.79 Å². The summed E-state index contributed by atoms with van der Waals surface area (Å²) in [5.41, 5.74) is 3.36. The molecule has 4 nitrogen and oxygen atoms in total. The third-order valence-electron chi connectivity index (χ3n) is 3.58. The van der Waals surface area contributed by atoms with E-state index in [4.69, 9.17) is 11.6 Å². The average molecular weight is 338 g/mol. The van der Waals surface area contributed by atoms with Crippen LogP contribution < -0.4 is 5.32 Å². The molecular weight excluding hydrogens is 322 g/mol. The predicted molar refractivity (Wildman–Crippen MR) is 97.4 cm³/mol. The third kappa shape index (κ3) is 3.73. The average Bonchev–Trinajstić information content (AvgIpc) is 3.07. The molecule has 24 heavy (non-hydrogen) atoms. The van der Waals surface area contributed by atoms with Crippen molar-refractivity contribution in [2.24, 2.45) is 0 Å². The maximum absolute atomic E-state index is 12.1. The molecule has 120 valence electrons. The summed E-state index contributed by atoms with van der Waals surface area (Å²) in [4.78, 5) is 12.1. The van der Waals surface area contributed by atoms with Crippen LogP contribution in [0.2, 0.25) is 5.02 Å². The molecule has 0 aliphatic heterocycles. The van der Waals surface area contributed by atoms with E-state index in [9.17, 15) is 4.79 Å². The van der Waals surface area contributed by atoms with Crippen molar-refractivity contribution in [3.63, 3.8) is 0 Å². The molecule has 1 N–H and O–H groups in total. The summed E-state index contributed by atoms with van der Waals surface area (Å²) < 4.78 is 1.76. The molecule has 0 spiro atoms. The summed E-state index contributed by atoms with van der Waals surface area (Å²) >= 11 is 6.05. The van der Waals surface area contributed by atoms with Gasteiger partial charge in [0.1, 0.15) is 0 Å². The summed E-state index contributed by atoms with van der Waals surface area (Å²) in [6.45, 7) is 1.87. The summed E-state index contributed by atoms with van der Waals surface area (Å²) in [5, 5.41) is 7.74. The zero-order valence-corrected chi connectivity index (χ0v) is 13.9. The zero-order valence-electron chi connectivity index (χ0n) is 13.1. The van der Waals surface area contributed by atoms with Crippen molar-refractivity contribution in [1.82, 2.24) is 9.78 Å². The van der Waals surface area contributed by atoms with Crippen molar-refractivity contribution in [3.8, 4) is 5.69 Å².